The first-order valence-corrected chi connectivity index (χ1v) is 6.11. The third-order valence-electron chi connectivity index (χ3n) is 2.26. The summed E-state index contributed by atoms with van der Waals surface area (Å²) >= 11 is 5.86. The molecule has 1 heterocycles. The van der Waals surface area contributed by atoms with Gasteiger partial charge in [0.15, 0.2) is 0 Å². The van der Waals surface area contributed by atoms with E-state index in [0.29, 0.717) is 12.5 Å². The average molecular weight is 246 g/mol. The van der Waals surface area contributed by atoms with Crippen LogP contribution < -0.4 is 0 Å². The molecule has 0 saturated carbocycles. The largest absolute Gasteiger partial charge is 0.381 e. The van der Waals surface area contributed by atoms with E-state index in [0.717, 1.165) is 24.7 Å². The van der Waals surface area contributed by atoms with Crippen molar-refractivity contribution in [1.82, 2.24) is 14.8 Å². The lowest BCUT2D eigenvalue weighted by molar-refractivity contribution is 0.147. The predicted octanol–water partition coefficient (Wildman–Crippen LogP) is 2.35. The number of alkyl halides is 1. The van der Waals surface area contributed by atoms with Crippen molar-refractivity contribution in [3.05, 3.63) is 11.6 Å². The van der Waals surface area contributed by atoms with Crippen molar-refractivity contribution in [2.24, 2.45) is 0 Å². The van der Waals surface area contributed by atoms with Crippen molar-refractivity contribution < 1.29 is 4.74 Å². The fourth-order valence-electron chi connectivity index (χ4n) is 1.68. The second-order valence-corrected chi connectivity index (χ2v) is 4.89. The van der Waals surface area contributed by atoms with Crippen molar-refractivity contribution in [3.63, 3.8) is 0 Å². The highest BCUT2D eigenvalue weighted by atomic mass is 35.5. The van der Waals surface area contributed by atoms with Crippen molar-refractivity contribution in [2.45, 2.75) is 45.5 Å². The molecule has 4 nitrogen and oxygen atoms in total. The molecule has 0 aliphatic heterocycles. The minimum Gasteiger partial charge on any atom is -0.381 e. The van der Waals surface area contributed by atoms with Gasteiger partial charge < -0.3 is 9.30 Å². The molecule has 0 N–H and O–H groups in total. The number of ether oxygens (including phenoxy) is 1. The Morgan fingerprint density at radius 3 is 2.38 bits per heavy atom. The van der Waals surface area contributed by atoms with Gasteiger partial charge in [-0.25, -0.2) is 0 Å². The molecule has 0 aromatic carbocycles. The molecule has 0 aliphatic rings. The first-order valence-electron chi connectivity index (χ1n) is 5.58. The Morgan fingerprint density at radius 1 is 1.25 bits per heavy atom. The summed E-state index contributed by atoms with van der Waals surface area (Å²) in [5.74, 6) is 2.15. The molecule has 1 aromatic rings. The van der Waals surface area contributed by atoms with Crippen LogP contribution in [-0.4, -0.2) is 28.0 Å². The molecule has 0 fully saturated rings. The zero-order valence-electron chi connectivity index (χ0n) is 10.5. The summed E-state index contributed by atoms with van der Waals surface area (Å²) in [5.41, 5.74) is -0.0464. The summed E-state index contributed by atoms with van der Waals surface area (Å²) in [7, 11) is 0. The Morgan fingerprint density at radius 2 is 1.88 bits per heavy atom. The molecule has 0 spiro atoms. The molecule has 0 radical (unpaired) electrons. The molecular formula is C11H20ClN3O. The summed E-state index contributed by atoms with van der Waals surface area (Å²) in [6, 6.07) is 0. The topological polar surface area (TPSA) is 39.9 Å². The van der Waals surface area contributed by atoms with Gasteiger partial charge in [0.1, 0.15) is 11.6 Å². The minimum absolute atomic E-state index is 0.0464. The van der Waals surface area contributed by atoms with Crippen molar-refractivity contribution in [3.8, 4) is 0 Å². The smallest absolute Gasteiger partial charge is 0.148 e. The third kappa shape index (κ3) is 3.19. The predicted molar refractivity (Wildman–Crippen MR) is 64.8 cm³/mol. The van der Waals surface area contributed by atoms with Gasteiger partial charge in [-0.05, 0) is 27.7 Å². The van der Waals surface area contributed by atoms with Crippen LogP contribution in [0.15, 0.2) is 0 Å². The fraction of sp³-hybridized carbons (Fsp3) is 0.818. The van der Waals surface area contributed by atoms with Crippen LogP contribution in [0.4, 0.5) is 0 Å². The summed E-state index contributed by atoms with van der Waals surface area (Å²) in [6.45, 7) is 9.75. The highest BCUT2D eigenvalue weighted by Crippen LogP contribution is 2.19. The van der Waals surface area contributed by atoms with Gasteiger partial charge in [-0.1, -0.05) is 0 Å². The van der Waals surface area contributed by atoms with E-state index >= 15 is 0 Å². The molecule has 92 valence electrons. The lowest BCUT2D eigenvalue weighted by atomic mass is 10.1. The van der Waals surface area contributed by atoms with E-state index in [1.807, 2.05) is 6.92 Å². The lowest BCUT2D eigenvalue weighted by Gasteiger charge is -2.24. The van der Waals surface area contributed by atoms with Gasteiger partial charge in [-0.2, -0.15) is 0 Å². The Labute approximate surface area is 102 Å². The second-order valence-electron chi connectivity index (χ2n) is 4.62. The van der Waals surface area contributed by atoms with E-state index in [1.165, 1.54) is 0 Å². The van der Waals surface area contributed by atoms with Crippen LogP contribution in [-0.2, 0) is 22.6 Å². The van der Waals surface area contributed by atoms with Gasteiger partial charge in [-0.15, -0.1) is 21.8 Å². The van der Waals surface area contributed by atoms with E-state index in [4.69, 9.17) is 16.3 Å². The SMILES string of the molecule is CCOCCc1nnc(CCl)n1C(C)(C)C. The fourth-order valence-corrected chi connectivity index (χ4v) is 1.86. The van der Waals surface area contributed by atoms with Crippen LogP contribution in [0.2, 0.25) is 0 Å². The van der Waals surface area contributed by atoms with Crippen molar-refractivity contribution in [1.29, 1.82) is 0 Å². The van der Waals surface area contributed by atoms with Gasteiger partial charge in [0.2, 0.25) is 0 Å². The Bertz CT molecular complexity index is 330. The van der Waals surface area contributed by atoms with Crippen LogP contribution in [0.25, 0.3) is 0 Å². The second kappa shape index (κ2) is 5.64. The Kier molecular flexibility index (Phi) is 4.74. The average Bonchev–Trinajstić information content (AvgIpc) is 2.61. The maximum atomic E-state index is 5.86. The summed E-state index contributed by atoms with van der Waals surface area (Å²) in [4.78, 5) is 0. The molecule has 0 bridgehead atoms. The molecule has 1 rings (SSSR count). The molecule has 0 aliphatic carbocycles. The quantitative estimate of drug-likeness (QED) is 0.591. The molecule has 16 heavy (non-hydrogen) atoms. The highest BCUT2D eigenvalue weighted by Gasteiger charge is 2.21. The molecule has 5 heteroatoms. The minimum atomic E-state index is -0.0464. The maximum Gasteiger partial charge on any atom is 0.148 e. The Balaban J connectivity index is 2.88. The van der Waals surface area contributed by atoms with E-state index in [9.17, 15) is 0 Å². The first kappa shape index (κ1) is 13.5. The summed E-state index contributed by atoms with van der Waals surface area (Å²) < 4.78 is 7.43. The number of aromatic nitrogens is 3. The van der Waals surface area contributed by atoms with E-state index < -0.39 is 0 Å². The summed E-state index contributed by atoms with van der Waals surface area (Å²) in [5, 5.41) is 8.28. The molecule has 0 atom stereocenters. The van der Waals surface area contributed by atoms with Crippen molar-refractivity contribution >= 4 is 11.6 Å². The van der Waals surface area contributed by atoms with Crippen LogP contribution >= 0.6 is 11.6 Å². The zero-order valence-corrected chi connectivity index (χ0v) is 11.2. The van der Waals surface area contributed by atoms with Crippen LogP contribution in [0.5, 0.6) is 0 Å². The number of halogens is 1. The summed E-state index contributed by atoms with van der Waals surface area (Å²) in [6.07, 6.45) is 0.773. The van der Waals surface area contributed by atoms with Crippen LogP contribution in [0, 0.1) is 0 Å². The van der Waals surface area contributed by atoms with E-state index in [2.05, 4.69) is 35.5 Å². The maximum absolute atomic E-state index is 5.86. The number of rotatable bonds is 5. The van der Waals surface area contributed by atoms with E-state index in [-0.39, 0.29) is 5.54 Å². The molecular weight excluding hydrogens is 226 g/mol. The number of nitrogens with zero attached hydrogens (tertiary/aromatic N) is 3. The number of hydrogen-bond acceptors (Lipinski definition) is 3. The van der Waals surface area contributed by atoms with Gasteiger partial charge in [0.05, 0.1) is 12.5 Å². The Hall–Kier alpha value is -0.610. The number of hydrogen-bond donors (Lipinski definition) is 0. The van der Waals surface area contributed by atoms with Crippen LogP contribution in [0.1, 0.15) is 39.3 Å². The highest BCUT2D eigenvalue weighted by molar-refractivity contribution is 6.16. The zero-order chi connectivity index (χ0) is 12.2. The monoisotopic (exact) mass is 245 g/mol. The van der Waals surface area contributed by atoms with Gasteiger partial charge in [0.25, 0.3) is 0 Å². The van der Waals surface area contributed by atoms with E-state index in [1.54, 1.807) is 0 Å². The molecule has 0 amide bonds. The standard InChI is InChI=1S/C11H20ClN3O/c1-5-16-7-6-9-13-14-10(8-12)15(9)11(2,3)4/h5-8H2,1-4H3. The van der Waals surface area contributed by atoms with Gasteiger partial charge in [0, 0.05) is 18.6 Å². The normalized spacial score (nSPS) is 12.1. The molecule has 0 unspecified atom stereocenters. The first-order chi connectivity index (χ1) is 7.50. The third-order valence-corrected chi connectivity index (χ3v) is 2.50. The lowest BCUT2D eigenvalue weighted by Crippen LogP contribution is -2.26. The van der Waals surface area contributed by atoms with Crippen molar-refractivity contribution in [2.75, 3.05) is 13.2 Å². The molecule has 0 saturated heterocycles. The molecule has 1 aromatic heterocycles. The van der Waals surface area contributed by atoms with Gasteiger partial charge in [-0.3, -0.25) is 0 Å². The van der Waals surface area contributed by atoms with Gasteiger partial charge >= 0.3 is 0 Å². The van der Waals surface area contributed by atoms with Crippen LogP contribution in [0.3, 0.4) is 0 Å².